The molecule has 0 aliphatic carbocycles. The van der Waals surface area contributed by atoms with Crippen molar-refractivity contribution >= 4 is 32.6 Å². The summed E-state index contributed by atoms with van der Waals surface area (Å²) in [6.07, 6.45) is 0.735. The fourth-order valence-electron chi connectivity index (χ4n) is 1.82. The van der Waals surface area contributed by atoms with Crippen molar-refractivity contribution in [2.75, 3.05) is 17.6 Å². The molecule has 0 aliphatic rings. The lowest BCUT2D eigenvalue weighted by Crippen LogP contribution is -2.05. The highest BCUT2D eigenvalue weighted by Crippen LogP contribution is 2.26. The van der Waals surface area contributed by atoms with E-state index in [4.69, 9.17) is 5.73 Å². The standard InChI is InChI=1S/C12H14N6S/c1-7-2-3-9-8(6-7)15-12(19-9)14-5-4-10-16-11(13)18-17-10/h2-3,6H,4-5H2,1H3,(H,14,15)(H3,13,16,17,18). The van der Waals surface area contributed by atoms with Gasteiger partial charge in [0.1, 0.15) is 5.82 Å². The normalized spacial score (nSPS) is 11.0. The summed E-state index contributed by atoms with van der Waals surface area (Å²) < 4.78 is 1.19. The molecule has 3 aromatic rings. The van der Waals surface area contributed by atoms with E-state index in [0.29, 0.717) is 0 Å². The number of aromatic nitrogens is 4. The van der Waals surface area contributed by atoms with Crippen LogP contribution in [0.4, 0.5) is 11.1 Å². The summed E-state index contributed by atoms with van der Waals surface area (Å²) in [6.45, 7) is 2.81. The molecular formula is C12H14N6S. The molecule has 0 spiro atoms. The molecule has 0 unspecified atom stereocenters. The van der Waals surface area contributed by atoms with Crippen LogP contribution in [0.2, 0.25) is 0 Å². The first-order valence-corrected chi connectivity index (χ1v) is 6.80. The lowest BCUT2D eigenvalue weighted by Gasteiger charge is -1.98. The highest BCUT2D eigenvalue weighted by molar-refractivity contribution is 7.22. The topological polar surface area (TPSA) is 92.5 Å². The van der Waals surface area contributed by atoms with Gasteiger partial charge in [0.05, 0.1) is 10.2 Å². The third-order valence-corrected chi connectivity index (χ3v) is 3.72. The Labute approximate surface area is 114 Å². The van der Waals surface area contributed by atoms with E-state index >= 15 is 0 Å². The molecule has 0 saturated heterocycles. The molecule has 0 bridgehead atoms. The SMILES string of the molecule is Cc1ccc2sc(NCCc3nc(N)n[nH]3)nc2c1. The van der Waals surface area contributed by atoms with Crippen LogP contribution in [0.3, 0.4) is 0 Å². The number of nitrogens with two attached hydrogens (primary N) is 1. The molecule has 4 N–H and O–H groups in total. The van der Waals surface area contributed by atoms with Crippen LogP contribution in [0.5, 0.6) is 0 Å². The highest BCUT2D eigenvalue weighted by Gasteiger charge is 2.04. The zero-order chi connectivity index (χ0) is 13.2. The summed E-state index contributed by atoms with van der Waals surface area (Å²) in [4.78, 5) is 8.60. The molecule has 6 nitrogen and oxygen atoms in total. The van der Waals surface area contributed by atoms with Crippen molar-refractivity contribution < 1.29 is 0 Å². The van der Waals surface area contributed by atoms with Crippen molar-refractivity contribution in [2.45, 2.75) is 13.3 Å². The Morgan fingerprint density at radius 1 is 1.37 bits per heavy atom. The van der Waals surface area contributed by atoms with Crippen molar-refractivity contribution in [3.05, 3.63) is 29.6 Å². The summed E-state index contributed by atoms with van der Waals surface area (Å²) in [5.74, 6) is 1.06. The van der Waals surface area contributed by atoms with Gasteiger partial charge in [-0.2, -0.15) is 4.98 Å². The monoisotopic (exact) mass is 274 g/mol. The van der Waals surface area contributed by atoms with E-state index in [1.807, 2.05) is 0 Å². The van der Waals surface area contributed by atoms with Crippen LogP contribution in [-0.2, 0) is 6.42 Å². The van der Waals surface area contributed by atoms with Gasteiger partial charge < -0.3 is 11.1 Å². The highest BCUT2D eigenvalue weighted by atomic mass is 32.1. The molecule has 19 heavy (non-hydrogen) atoms. The second-order valence-electron chi connectivity index (χ2n) is 4.31. The smallest absolute Gasteiger partial charge is 0.239 e. The van der Waals surface area contributed by atoms with Crippen LogP contribution < -0.4 is 11.1 Å². The van der Waals surface area contributed by atoms with E-state index in [1.165, 1.54) is 10.3 Å². The molecule has 2 aromatic heterocycles. The van der Waals surface area contributed by atoms with Gasteiger partial charge in [-0.25, -0.2) is 4.98 Å². The number of hydrogen-bond acceptors (Lipinski definition) is 6. The van der Waals surface area contributed by atoms with Crippen molar-refractivity contribution in [3.8, 4) is 0 Å². The first-order valence-electron chi connectivity index (χ1n) is 5.98. The molecule has 7 heteroatoms. The molecule has 0 amide bonds. The van der Waals surface area contributed by atoms with Crippen LogP contribution in [0, 0.1) is 6.92 Å². The maximum atomic E-state index is 5.44. The summed E-state index contributed by atoms with van der Waals surface area (Å²) >= 11 is 1.65. The van der Waals surface area contributed by atoms with Gasteiger partial charge in [-0.3, -0.25) is 5.10 Å². The van der Waals surface area contributed by atoms with E-state index in [9.17, 15) is 0 Å². The van der Waals surface area contributed by atoms with Gasteiger partial charge in [0.2, 0.25) is 5.95 Å². The Balaban J connectivity index is 1.65. The average molecular weight is 274 g/mol. The molecule has 2 heterocycles. The van der Waals surface area contributed by atoms with Crippen molar-refractivity contribution in [3.63, 3.8) is 0 Å². The predicted octanol–water partition coefficient (Wildman–Crippen LogP) is 1.96. The minimum absolute atomic E-state index is 0.283. The minimum atomic E-state index is 0.283. The third kappa shape index (κ3) is 2.65. The van der Waals surface area contributed by atoms with Crippen molar-refractivity contribution in [2.24, 2.45) is 0 Å². The number of benzene rings is 1. The van der Waals surface area contributed by atoms with Crippen molar-refractivity contribution in [1.82, 2.24) is 20.2 Å². The molecule has 0 radical (unpaired) electrons. The van der Waals surface area contributed by atoms with Gasteiger partial charge in [0.15, 0.2) is 5.13 Å². The molecule has 0 atom stereocenters. The maximum Gasteiger partial charge on any atom is 0.239 e. The lowest BCUT2D eigenvalue weighted by atomic mass is 10.2. The Morgan fingerprint density at radius 2 is 2.26 bits per heavy atom. The van der Waals surface area contributed by atoms with Gasteiger partial charge in [0, 0.05) is 13.0 Å². The Bertz CT molecular complexity index is 701. The molecule has 1 aromatic carbocycles. The minimum Gasteiger partial charge on any atom is -0.367 e. The number of anilines is 2. The van der Waals surface area contributed by atoms with E-state index < -0.39 is 0 Å². The first kappa shape index (κ1) is 11.9. The van der Waals surface area contributed by atoms with Crippen LogP contribution in [0.15, 0.2) is 18.2 Å². The molecular weight excluding hydrogens is 260 g/mol. The number of nitrogen functional groups attached to an aromatic ring is 1. The van der Waals surface area contributed by atoms with Crippen LogP contribution in [0.25, 0.3) is 10.2 Å². The first-order chi connectivity index (χ1) is 9.20. The number of fused-ring (bicyclic) bond motifs is 1. The van der Waals surface area contributed by atoms with Gasteiger partial charge in [-0.15, -0.1) is 5.10 Å². The van der Waals surface area contributed by atoms with Crippen LogP contribution >= 0.6 is 11.3 Å². The number of thiazole rings is 1. The Hall–Kier alpha value is -2.15. The Kier molecular flexibility index (Phi) is 3.04. The van der Waals surface area contributed by atoms with Gasteiger partial charge in [-0.1, -0.05) is 17.4 Å². The summed E-state index contributed by atoms with van der Waals surface area (Å²) in [6, 6.07) is 6.29. The predicted molar refractivity (Wildman–Crippen MR) is 77.3 cm³/mol. The van der Waals surface area contributed by atoms with Gasteiger partial charge in [0.25, 0.3) is 0 Å². The largest absolute Gasteiger partial charge is 0.367 e. The second kappa shape index (κ2) is 4.85. The molecule has 0 fully saturated rings. The fourth-order valence-corrected chi connectivity index (χ4v) is 2.69. The summed E-state index contributed by atoms with van der Waals surface area (Å²) in [5, 5.41) is 10.8. The summed E-state index contributed by atoms with van der Waals surface area (Å²) in [7, 11) is 0. The fraction of sp³-hybridized carbons (Fsp3) is 0.250. The zero-order valence-electron chi connectivity index (χ0n) is 10.5. The number of nitrogens with zero attached hydrogens (tertiary/aromatic N) is 3. The van der Waals surface area contributed by atoms with Gasteiger partial charge >= 0.3 is 0 Å². The quantitative estimate of drug-likeness (QED) is 0.676. The van der Waals surface area contributed by atoms with Crippen LogP contribution in [0.1, 0.15) is 11.4 Å². The van der Waals surface area contributed by atoms with E-state index in [-0.39, 0.29) is 5.95 Å². The number of nitrogens with one attached hydrogen (secondary N) is 2. The number of aromatic amines is 1. The zero-order valence-corrected chi connectivity index (χ0v) is 11.3. The Morgan fingerprint density at radius 3 is 3.05 bits per heavy atom. The van der Waals surface area contributed by atoms with Crippen molar-refractivity contribution in [1.29, 1.82) is 0 Å². The van der Waals surface area contributed by atoms with E-state index in [0.717, 1.165) is 29.4 Å². The summed E-state index contributed by atoms with van der Waals surface area (Å²) in [5.41, 5.74) is 7.70. The molecule has 0 aliphatic heterocycles. The molecule has 3 rings (SSSR count). The average Bonchev–Trinajstić information content (AvgIpc) is 2.95. The molecule has 0 saturated carbocycles. The number of hydrogen-bond donors (Lipinski definition) is 3. The lowest BCUT2D eigenvalue weighted by molar-refractivity contribution is 0.900. The van der Waals surface area contributed by atoms with E-state index in [2.05, 4.69) is 50.6 Å². The second-order valence-corrected chi connectivity index (χ2v) is 5.34. The van der Waals surface area contributed by atoms with Crippen LogP contribution in [-0.4, -0.2) is 26.7 Å². The number of H-pyrrole nitrogens is 1. The number of rotatable bonds is 4. The maximum absolute atomic E-state index is 5.44. The van der Waals surface area contributed by atoms with Gasteiger partial charge in [-0.05, 0) is 24.6 Å². The van der Waals surface area contributed by atoms with E-state index in [1.54, 1.807) is 11.3 Å². The molecule has 98 valence electrons. The third-order valence-electron chi connectivity index (χ3n) is 2.73. The number of aryl methyl sites for hydroxylation is 1.